The van der Waals surface area contributed by atoms with Gasteiger partial charge in [0.15, 0.2) is 5.75 Å². The van der Waals surface area contributed by atoms with Crippen LogP contribution in [0.25, 0.3) is 0 Å². The second kappa shape index (κ2) is 6.67. The van der Waals surface area contributed by atoms with E-state index in [0.717, 1.165) is 6.20 Å². The average molecular weight is 292 g/mol. The smallest absolute Gasteiger partial charge is 0.224 e. The fraction of sp³-hybridized carbons (Fsp3) is 0.467. The molecule has 0 saturated heterocycles. The number of pyridine rings is 1. The Kier molecular flexibility index (Phi) is 4.90. The summed E-state index contributed by atoms with van der Waals surface area (Å²) in [4.78, 5) is 4.03. The van der Waals surface area contributed by atoms with Crippen LogP contribution in [0.5, 0.6) is 11.6 Å². The van der Waals surface area contributed by atoms with Gasteiger partial charge in [-0.3, -0.25) is 4.68 Å². The summed E-state index contributed by atoms with van der Waals surface area (Å²) in [6.07, 6.45) is 4.58. The van der Waals surface area contributed by atoms with Crippen molar-refractivity contribution >= 4 is 0 Å². The molecule has 2 aromatic rings. The first-order valence-corrected chi connectivity index (χ1v) is 7.05. The van der Waals surface area contributed by atoms with Crippen LogP contribution in [0.2, 0.25) is 0 Å². The molecule has 0 atom stereocenters. The van der Waals surface area contributed by atoms with Crippen LogP contribution in [0.1, 0.15) is 39.3 Å². The molecule has 0 fully saturated rings. The van der Waals surface area contributed by atoms with Gasteiger partial charge >= 0.3 is 0 Å². The topological polar surface area (TPSA) is 52.0 Å². The Morgan fingerprint density at radius 3 is 2.67 bits per heavy atom. The molecular formula is C15H21FN4O. The zero-order chi connectivity index (χ0) is 15.4. The largest absolute Gasteiger partial charge is 0.435 e. The molecule has 0 aliphatic carbocycles. The predicted octanol–water partition coefficient (Wildman–Crippen LogP) is 3.29. The molecule has 1 N–H and O–H groups in total. The Hall–Kier alpha value is -1.95. The fourth-order valence-electron chi connectivity index (χ4n) is 1.77. The van der Waals surface area contributed by atoms with Crippen molar-refractivity contribution in [3.8, 4) is 11.6 Å². The first-order chi connectivity index (χ1) is 9.95. The molecule has 0 aromatic carbocycles. The molecule has 0 saturated carbocycles. The summed E-state index contributed by atoms with van der Waals surface area (Å²) in [5, 5.41) is 7.44. The van der Waals surface area contributed by atoms with Gasteiger partial charge < -0.3 is 10.1 Å². The molecular weight excluding hydrogens is 271 g/mol. The molecule has 6 heteroatoms. The highest BCUT2D eigenvalue weighted by atomic mass is 19.1. The Morgan fingerprint density at radius 1 is 1.29 bits per heavy atom. The van der Waals surface area contributed by atoms with Gasteiger partial charge in [0, 0.05) is 24.2 Å². The van der Waals surface area contributed by atoms with Crippen molar-refractivity contribution in [1.29, 1.82) is 0 Å². The van der Waals surface area contributed by atoms with Crippen LogP contribution >= 0.6 is 0 Å². The van der Waals surface area contributed by atoms with E-state index in [2.05, 4.69) is 15.4 Å². The van der Waals surface area contributed by atoms with Crippen molar-refractivity contribution in [2.75, 3.05) is 0 Å². The SMILES string of the molecule is CC(C)NCc1cc(F)cnc1Oc1cnn(C(C)C)c1. The van der Waals surface area contributed by atoms with E-state index < -0.39 is 0 Å². The van der Waals surface area contributed by atoms with Gasteiger partial charge in [-0.15, -0.1) is 0 Å². The third-order valence-electron chi connectivity index (χ3n) is 2.91. The highest BCUT2D eigenvalue weighted by molar-refractivity contribution is 5.30. The number of nitrogens with one attached hydrogen (secondary N) is 1. The van der Waals surface area contributed by atoms with Gasteiger partial charge in [0.05, 0.1) is 18.6 Å². The lowest BCUT2D eigenvalue weighted by Crippen LogP contribution is -2.22. The van der Waals surface area contributed by atoms with Gasteiger partial charge in [-0.25, -0.2) is 9.37 Å². The molecule has 0 aliphatic heterocycles. The standard InChI is InChI=1S/C15H21FN4O/c1-10(2)17-6-12-5-13(16)7-18-15(12)21-14-8-19-20(9-14)11(3)4/h5,7-11,17H,6H2,1-4H3. The molecule has 0 unspecified atom stereocenters. The average Bonchev–Trinajstić information content (AvgIpc) is 2.87. The zero-order valence-electron chi connectivity index (χ0n) is 12.8. The lowest BCUT2D eigenvalue weighted by Gasteiger charge is -2.11. The minimum atomic E-state index is -0.374. The Bertz CT molecular complexity index is 595. The van der Waals surface area contributed by atoms with Crippen molar-refractivity contribution in [1.82, 2.24) is 20.1 Å². The zero-order valence-corrected chi connectivity index (χ0v) is 12.8. The molecule has 114 valence electrons. The van der Waals surface area contributed by atoms with Gasteiger partial charge in [-0.2, -0.15) is 5.10 Å². The lowest BCUT2D eigenvalue weighted by atomic mass is 10.2. The van der Waals surface area contributed by atoms with Crippen LogP contribution in [-0.4, -0.2) is 20.8 Å². The third kappa shape index (κ3) is 4.26. The van der Waals surface area contributed by atoms with Crippen LogP contribution in [-0.2, 0) is 6.54 Å². The lowest BCUT2D eigenvalue weighted by molar-refractivity contribution is 0.443. The third-order valence-corrected chi connectivity index (χ3v) is 2.91. The molecule has 2 rings (SSSR count). The van der Waals surface area contributed by atoms with E-state index >= 15 is 0 Å². The van der Waals surface area contributed by atoms with Crippen molar-refractivity contribution < 1.29 is 9.13 Å². The van der Waals surface area contributed by atoms with Crippen molar-refractivity contribution in [2.45, 2.75) is 46.3 Å². The van der Waals surface area contributed by atoms with Crippen LogP contribution in [0.4, 0.5) is 4.39 Å². The van der Waals surface area contributed by atoms with Gasteiger partial charge in [-0.05, 0) is 19.9 Å². The maximum Gasteiger partial charge on any atom is 0.224 e. The quantitative estimate of drug-likeness (QED) is 0.887. The summed E-state index contributed by atoms with van der Waals surface area (Å²) in [6, 6.07) is 1.99. The second-order valence-electron chi connectivity index (χ2n) is 5.51. The van der Waals surface area contributed by atoms with E-state index in [0.29, 0.717) is 29.8 Å². The minimum Gasteiger partial charge on any atom is -0.435 e. The summed E-state index contributed by atoms with van der Waals surface area (Å²) in [6.45, 7) is 8.62. The predicted molar refractivity (Wildman–Crippen MR) is 78.9 cm³/mol. The van der Waals surface area contributed by atoms with Crippen LogP contribution in [0, 0.1) is 5.82 Å². The van der Waals surface area contributed by atoms with E-state index in [4.69, 9.17) is 4.74 Å². The number of rotatable bonds is 6. The highest BCUT2D eigenvalue weighted by Crippen LogP contribution is 2.24. The summed E-state index contributed by atoms with van der Waals surface area (Å²) < 4.78 is 20.9. The van der Waals surface area contributed by atoms with E-state index in [-0.39, 0.29) is 11.9 Å². The maximum atomic E-state index is 13.4. The van der Waals surface area contributed by atoms with Gasteiger partial charge in [-0.1, -0.05) is 13.8 Å². The van der Waals surface area contributed by atoms with E-state index in [1.54, 1.807) is 17.1 Å². The molecule has 21 heavy (non-hydrogen) atoms. The molecule has 0 spiro atoms. The molecule has 0 amide bonds. The fourth-order valence-corrected chi connectivity index (χ4v) is 1.77. The Balaban J connectivity index is 2.17. The first-order valence-electron chi connectivity index (χ1n) is 7.05. The molecule has 2 heterocycles. The molecule has 0 radical (unpaired) electrons. The van der Waals surface area contributed by atoms with Gasteiger partial charge in [0.25, 0.3) is 0 Å². The number of hydrogen-bond acceptors (Lipinski definition) is 4. The Morgan fingerprint density at radius 2 is 2.05 bits per heavy atom. The van der Waals surface area contributed by atoms with E-state index in [1.807, 2.05) is 27.7 Å². The van der Waals surface area contributed by atoms with Crippen molar-refractivity contribution in [3.05, 3.63) is 36.0 Å². The van der Waals surface area contributed by atoms with Crippen molar-refractivity contribution in [2.24, 2.45) is 0 Å². The van der Waals surface area contributed by atoms with Crippen LogP contribution in [0.3, 0.4) is 0 Å². The second-order valence-corrected chi connectivity index (χ2v) is 5.51. The van der Waals surface area contributed by atoms with Gasteiger partial charge in [0.2, 0.25) is 5.88 Å². The molecule has 0 bridgehead atoms. The molecule has 2 aromatic heterocycles. The summed E-state index contributed by atoms with van der Waals surface area (Å²) in [5.74, 6) is 0.613. The van der Waals surface area contributed by atoms with E-state index in [9.17, 15) is 4.39 Å². The number of halogens is 1. The number of nitrogens with zero attached hydrogens (tertiary/aromatic N) is 3. The summed E-state index contributed by atoms with van der Waals surface area (Å²) in [5.41, 5.74) is 0.681. The monoisotopic (exact) mass is 292 g/mol. The van der Waals surface area contributed by atoms with Crippen LogP contribution < -0.4 is 10.1 Å². The van der Waals surface area contributed by atoms with Gasteiger partial charge in [0.1, 0.15) is 5.82 Å². The summed E-state index contributed by atoms with van der Waals surface area (Å²) in [7, 11) is 0. The minimum absolute atomic E-state index is 0.255. The number of ether oxygens (including phenoxy) is 1. The highest BCUT2D eigenvalue weighted by Gasteiger charge is 2.11. The number of aromatic nitrogens is 3. The number of hydrogen-bond donors (Lipinski definition) is 1. The van der Waals surface area contributed by atoms with E-state index in [1.165, 1.54) is 6.07 Å². The molecule has 5 nitrogen and oxygen atoms in total. The normalized spacial score (nSPS) is 11.4. The van der Waals surface area contributed by atoms with Crippen molar-refractivity contribution in [3.63, 3.8) is 0 Å². The maximum absolute atomic E-state index is 13.4. The Labute approximate surface area is 124 Å². The first kappa shape index (κ1) is 15.4. The van der Waals surface area contributed by atoms with Crippen LogP contribution in [0.15, 0.2) is 24.7 Å². The summed E-state index contributed by atoms with van der Waals surface area (Å²) >= 11 is 0. The molecule has 0 aliphatic rings.